The van der Waals surface area contributed by atoms with Gasteiger partial charge in [0.25, 0.3) is 5.91 Å². The number of hydrogen-bond acceptors (Lipinski definition) is 8. The van der Waals surface area contributed by atoms with Crippen LogP contribution >= 0.6 is 0 Å². The third-order valence-corrected chi connectivity index (χ3v) is 18.5. The fraction of sp³-hybridized carbons (Fsp3) is 0.621. The lowest BCUT2D eigenvalue weighted by molar-refractivity contribution is -0.0638. The zero-order chi connectivity index (χ0) is 30.1. The van der Waals surface area contributed by atoms with Gasteiger partial charge in [0.2, 0.25) is 0 Å². The number of fused-ring (bicyclic) bond motifs is 1. The second-order valence-corrected chi connectivity index (χ2v) is 21.0. The van der Waals surface area contributed by atoms with Crippen molar-refractivity contribution in [3.05, 3.63) is 58.6 Å². The molecule has 1 aromatic carbocycles. The van der Waals surface area contributed by atoms with E-state index in [1.54, 1.807) is 43.6 Å². The molecule has 2 fully saturated rings. The number of methoxy groups -OCH3 is 1. The maximum absolute atomic E-state index is 13.3. The summed E-state index contributed by atoms with van der Waals surface area (Å²) < 4.78 is 35.1. The Morgan fingerprint density at radius 2 is 1.59 bits per heavy atom. The summed E-state index contributed by atoms with van der Waals surface area (Å²) in [5, 5.41) is 2.69. The molecule has 0 unspecified atom stereocenters. The molecule has 2 aliphatic heterocycles. The van der Waals surface area contributed by atoms with Gasteiger partial charge in [-0.25, -0.2) is 4.79 Å². The summed E-state index contributed by atoms with van der Waals surface area (Å²) in [6.45, 7) is 17.6. The van der Waals surface area contributed by atoms with Crippen LogP contribution in [0.3, 0.4) is 0 Å². The molecule has 2 aromatic rings. The van der Waals surface area contributed by atoms with Gasteiger partial charge in [-0.15, -0.1) is 0 Å². The molecule has 1 aromatic heterocycles. The molecule has 2 aliphatic rings. The van der Waals surface area contributed by atoms with Crippen molar-refractivity contribution in [1.82, 2.24) is 9.55 Å². The van der Waals surface area contributed by atoms with Crippen molar-refractivity contribution >= 4 is 28.8 Å². The molecular formula is C29H45N3O7Si2. The van der Waals surface area contributed by atoms with Gasteiger partial charge < -0.3 is 27.8 Å². The van der Waals surface area contributed by atoms with E-state index in [-0.39, 0.29) is 40.5 Å². The van der Waals surface area contributed by atoms with Gasteiger partial charge in [0.15, 0.2) is 6.23 Å². The summed E-state index contributed by atoms with van der Waals surface area (Å²) in [4.78, 5) is 30.0. The average Bonchev–Trinajstić information content (AvgIpc) is 3.24. The van der Waals surface area contributed by atoms with Crippen molar-refractivity contribution in [1.29, 1.82) is 0 Å². The molecule has 226 valence electrons. The highest BCUT2D eigenvalue weighted by Crippen LogP contribution is 2.48. The molecule has 3 heterocycles. The zero-order valence-electron chi connectivity index (χ0n) is 25.6. The van der Waals surface area contributed by atoms with Crippen LogP contribution in [0.25, 0.3) is 0 Å². The molecule has 0 aliphatic carbocycles. The minimum Gasteiger partial charge on any atom is -0.414 e. The monoisotopic (exact) mass is 603 g/mol. The number of nitrogens with zero attached hydrogens (tertiary/aromatic N) is 2. The number of benzene rings is 1. The number of amides is 1. The van der Waals surface area contributed by atoms with Crippen molar-refractivity contribution < 1.29 is 27.2 Å². The lowest BCUT2D eigenvalue weighted by atomic mass is 10.1. The Bertz CT molecular complexity index is 1240. The van der Waals surface area contributed by atoms with E-state index in [0.29, 0.717) is 5.56 Å². The molecule has 1 amide bonds. The maximum atomic E-state index is 13.3. The fourth-order valence-corrected chi connectivity index (χ4v) is 17.3. The third kappa shape index (κ3) is 6.01. The molecule has 1 N–H and O–H groups in total. The van der Waals surface area contributed by atoms with E-state index >= 15 is 0 Å². The van der Waals surface area contributed by atoms with Gasteiger partial charge >= 0.3 is 22.8 Å². The lowest BCUT2D eigenvalue weighted by Crippen LogP contribution is -2.65. The highest BCUT2D eigenvalue weighted by Gasteiger charge is 2.62. The van der Waals surface area contributed by atoms with Gasteiger partial charge in [0, 0.05) is 18.9 Å². The first-order valence-electron chi connectivity index (χ1n) is 14.5. The molecule has 10 nitrogen and oxygen atoms in total. The van der Waals surface area contributed by atoms with Crippen LogP contribution in [0.2, 0.25) is 22.2 Å². The molecular weight excluding hydrogens is 559 g/mol. The fourth-order valence-electron chi connectivity index (χ4n) is 6.05. The topological polar surface area (TPSA) is 110 Å². The number of aromatic nitrogens is 2. The summed E-state index contributed by atoms with van der Waals surface area (Å²) in [6, 6.07) is 10.3. The van der Waals surface area contributed by atoms with Crippen LogP contribution in [-0.2, 0) is 22.4 Å². The number of carbonyl (C=O) groups excluding carboxylic acids is 1. The lowest BCUT2D eigenvalue weighted by Gasteiger charge is -2.51. The molecule has 4 atom stereocenters. The number of anilines is 1. The molecule has 4 rings (SSSR count). The Morgan fingerprint density at radius 3 is 2.12 bits per heavy atom. The number of rotatable bonds is 8. The third-order valence-electron chi connectivity index (χ3n) is 8.27. The van der Waals surface area contributed by atoms with E-state index in [0.717, 1.165) is 0 Å². The quantitative estimate of drug-likeness (QED) is 0.402. The van der Waals surface area contributed by atoms with Crippen LogP contribution in [0.4, 0.5) is 5.82 Å². The molecule has 41 heavy (non-hydrogen) atoms. The van der Waals surface area contributed by atoms with Crippen molar-refractivity contribution in [3.63, 3.8) is 0 Å². The number of carbonyl (C=O) groups is 1. The Morgan fingerprint density at radius 1 is 0.976 bits per heavy atom. The standard InChI is InChI=1S/C29H45N3O7Si2/c1-18(2)40(19(3)4)36-17-23-25(38-41(39-40,20(5)6)21(7)8)26(35-9)28(37-23)32-16-15-24(31-29(32)34)30-27(33)22-13-11-10-12-14-22/h10-16,18-21,23,25-26,28H,17H2,1-9H3,(H,30,31,33,34)/t23-,25-,26-,28-/m1/s1. The van der Waals surface area contributed by atoms with Crippen molar-refractivity contribution in [2.24, 2.45) is 0 Å². The number of nitrogens with one attached hydrogen (secondary N) is 1. The molecule has 0 radical (unpaired) electrons. The summed E-state index contributed by atoms with van der Waals surface area (Å²) in [5.41, 5.74) is 0.586. The molecule has 0 saturated carbocycles. The van der Waals surface area contributed by atoms with Gasteiger partial charge in [-0.2, -0.15) is 4.98 Å². The van der Waals surface area contributed by atoms with Gasteiger partial charge in [-0.3, -0.25) is 9.36 Å². The molecule has 12 heteroatoms. The SMILES string of the molecule is CO[C@@H]1[C@@H]2O[Si](C(C)C)(C(C)C)O[Si](C(C)C)(C(C)C)OC[C@H]2O[C@H]1n1ccc(NC(=O)c2ccccc2)nc1=O. The maximum Gasteiger partial charge on any atom is 0.351 e. The van der Waals surface area contributed by atoms with Gasteiger partial charge in [-0.05, 0) is 40.4 Å². The van der Waals surface area contributed by atoms with Crippen LogP contribution in [-0.4, -0.2) is 64.6 Å². The molecule has 2 saturated heterocycles. The first-order chi connectivity index (χ1) is 19.4. The summed E-state index contributed by atoms with van der Waals surface area (Å²) in [6.07, 6.45) is -0.798. The number of ether oxygens (including phenoxy) is 2. The first kappa shape index (κ1) is 31.7. The van der Waals surface area contributed by atoms with Crippen LogP contribution in [0.15, 0.2) is 47.4 Å². The predicted molar refractivity (Wildman–Crippen MR) is 161 cm³/mol. The Hall–Kier alpha value is -2.20. The second kappa shape index (κ2) is 12.6. The van der Waals surface area contributed by atoms with E-state index in [9.17, 15) is 9.59 Å². The predicted octanol–water partition coefficient (Wildman–Crippen LogP) is 5.36. The Kier molecular flexibility index (Phi) is 9.74. The van der Waals surface area contributed by atoms with Gasteiger partial charge in [0.05, 0.1) is 6.61 Å². The van der Waals surface area contributed by atoms with Crippen molar-refractivity contribution in [2.45, 2.75) is 102 Å². The molecule has 0 spiro atoms. The van der Waals surface area contributed by atoms with Crippen molar-refractivity contribution in [3.8, 4) is 0 Å². The first-order valence-corrected chi connectivity index (χ1v) is 18.5. The highest BCUT2D eigenvalue weighted by molar-refractivity contribution is 6.84. The highest BCUT2D eigenvalue weighted by atomic mass is 28.5. The van der Waals surface area contributed by atoms with E-state index in [4.69, 9.17) is 22.4 Å². The average molecular weight is 604 g/mol. The van der Waals surface area contributed by atoms with Gasteiger partial charge in [0.1, 0.15) is 24.1 Å². The summed E-state index contributed by atoms with van der Waals surface area (Å²) in [5.74, 6) is -0.195. The normalized spacial score (nSPS) is 25.8. The van der Waals surface area contributed by atoms with E-state index < -0.39 is 47.4 Å². The van der Waals surface area contributed by atoms with Gasteiger partial charge in [-0.1, -0.05) is 73.6 Å². The van der Waals surface area contributed by atoms with Crippen LogP contribution < -0.4 is 11.0 Å². The second-order valence-electron chi connectivity index (χ2n) is 12.1. The van der Waals surface area contributed by atoms with Crippen LogP contribution in [0.5, 0.6) is 0 Å². The Balaban J connectivity index is 1.67. The largest absolute Gasteiger partial charge is 0.414 e. The van der Waals surface area contributed by atoms with Crippen LogP contribution in [0, 0.1) is 0 Å². The van der Waals surface area contributed by atoms with E-state index in [1.165, 1.54) is 4.57 Å². The minimum atomic E-state index is -2.90. The smallest absolute Gasteiger partial charge is 0.351 e. The van der Waals surface area contributed by atoms with E-state index in [2.05, 4.69) is 65.7 Å². The Labute approximate surface area is 245 Å². The molecule has 0 bridgehead atoms. The summed E-state index contributed by atoms with van der Waals surface area (Å²) >= 11 is 0. The van der Waals surface area contributed by atoms with Crippen LogP contribution in [0.1, 0.15) is 72.0 Å². The zero-order valence-corrected chi connectivity index (χ0v) is 27.6. The summed E-state index contributed by atoms with van der Waals surface area (Å²) in [7, 11) is -4.05. The number of hydrogen-bond donors (Lipinski definition) is 1. The van der Waals surface area contributed by atoms with Crippen molar-refractivity contribution in [2.75, 3.05) is 19.0 Å². The van der Waals surface area contributed by atoms with E-state index in [1.807, 2.05) is 6.07 Å². The minimum absolute atomic E-state index is 0.141.